The molecule has 0 aliphatic carbocycles. The van der Waals surface area contributed by atoms with E-state index >= 15 is 0 Å². The predicted molar refractivity (Wildman–Crippen MR) is 93.6 cm³/mol. The van der Waals surface area contributed by atoms with E-state index in [1.165, 1.54) is 0 Å². The summed E-state index contributed by atoms with van der Waals surface area (Å²) in [5, 5.41) is 0. The summed E-state index contributed by atoms with van der Waals surface area (Å²) in [6.45, 7) is 4.09. The molecule has 0 atom stereocenters. The number of hydrogen-bond donors (Lipinski definition) is 0. The molecule has 4 nitrogen and oxygen atoms in total. The maximum Gasteiger partial charge on any atom is 0.253 e. The summed E-state index contributed by atoms with van der Waals surface area (Å²) in [5.41, 5.74) is 2.72. The molecular weight excluding hydrogens is 302 g/mol. The Morgan fingerprint density at radius 2 is 1.92 bits per heavy atom. The average Bonchev–Trinajstić information content (AvgIpc) is 3.13. The number of hydrogen-bond acceptors (Lipinski definition) is 3. The van der Waals surface area contributed by atoms with Crippen molar-refractivity contribution in [2.45, 2.75) is 26.4 Å². The van der Waals surface area contributed by atoms with Crippen LogP contribution in [0, 0.1) is 6.92 Å². The van der Waals surface area contributed by atoms with Gasteiger partial charge < -0.3 is 14.4 Å². The van der Waals surface area contributed by atoms with E-state index in [0.717, 1.165) is 48.6 Å². The zero-order valence-electron chi connectivity index (χ0n) is 14.2. The third kappa shape index (κ3) is 3.70. The molecule has 0 N–H and O–H groups in total. The van der Waals surface area contributed by atoms with E-state index in [1.807, 2.05) is 54.3 Å². The van der Waals surface area contributed by atoms with Crippen molar-refractivity contribution in [1.29, 1.82) is 0 Å². The highest BCUT2D eigenvalue weighted by molar-refractivity contribution is 5.94. The first kappa shape index (κ1) is 16.4. The maximum absolute atomic E-state index is 12.6. The largest absolute Gasteiger partial charge is 0.496 e. The number of amides is 1. The first-order valence-electron chi connectivity index (χ1n) is 8.33. The van der Waals surface area contributed by atoms with Gasteiger partial charge in [0.05, 0.1) is 7.11 Å². The average molecular weight is 325 g/mol. The normalized spacial score (nSPS) is 13.8. The molecule has 2 aromatic carbocycles. The summed E-state index contributed by atoms with van der Waals surface area (Å²) in [4.78, 5) is 14.5. The molecule has 0 aromatic heterocycles. The molecule has 1 saturated heterocycles. The van der Waals surface area contributed by atoms with E-state index < -0.39 is 0 Å². The molecule has 0 saturated carbocycles. The van der Waals surface area contributed by atoms with Gasteiger partial charge in [-0.05, 0) is 55.7 Å². The minimum Gasteiger partial charge on any atom is -0.496 e. The zero-order valence-corrected chi connectivity index (χ0v) is 14.2. The lowest BCUT2D eigenvalue weighted by molar-refractivity contribution is 0.0792. The number of carbonyl (C=O) groups excluding carboxylic acids is 1. The Balaban J connectivity index is 1.77. The summed E-state index contributed by atoms with van der Waals surface area (Å²) in [6, 6.07) is 13.5. The summed E-state index contributed by atoms with van der Waals surface area (Å²) >= 11 is 0. The molecule has 0 spiro atoms. The van der Waals surface area contributed by atoms with Crippen LogP contribution in [0.15, 0.2) is 42.5 Å². The Bertz CT molecular complexity index is 721. The fourth-order valence-electron chi connectivity index (χ4n) is 2.99. The van der Waals surface area contributed by atoms with Crippen LogP contribution in [0.25, 0.3) is 0 Å². The Morgan fingerprint density at radius 3 is 2.62 bits per heavy atom. The highest BCUT2D eigenvalue weighted by atomic mass is 16.5. The quantitative estimate of drug-likeness (QED) is 0.839. The third-order valence-corrected chi connectivity index (χ3v) is 4.30. The van der Waals surface area contributed by atoms with Crippen LogP contribution < -0.4 is 9.47 Å². The van der Waals surface area contributed by atoms with Gasteiger partial charge in [-0.1, -0.05) is 12.1 Å². The number of carbonyl (C=O) groups is 1. The monoisotopic (exact) mass is 325 g/mol. The molecular formula is C20H23NO3. The van der Waals surface area contributed by atoms with Crippen LogP contribution in [0.4, 0.5) is 0 Å². The fraction of sp³-hybridized carbons (Fsp3) is 0.350. The molecule has 0 bridgehead atoms. The minimum absolute atomic E-state index is 0.0898. The van der Waals surface area contributed by atoms with Gasteiger partial charge in [0.25, 0.3) is 5.91 Å². The summed E-state index contributed by atoms with van der Waals surface area (Å²) in [6.07, 6.45) is 2.18. The smallest absolute Gasteiger partial charge is 0.253 e. The fourth-order valence-corrected chi connectivity index (χ4v) is 2.99. The van der Waals surface area contributed by atoms with Gasteiger partial charge >= 0.3 is 0 Å². The van der Waals surface area contributed by atoms with Crippen LogP contribution in [-0.4, -0.2) is 31.0 Å². The van der Waals surface area contributed by atoms with E-state index in [9.17, 15) is 4.79 Å². The topological polar surface area (TPSA) is 38.8 Å². The van der Waals surface area contributed by atoms with Crippen LogP contribution in [0.3, 0.4) is 0 Å². The Morgan fingerprint density at radius 1 is 1.12 bits per heavy atom. The van der Waals surface area contributed by atoms with Gasteiger partial charge in [0.2, 0.25) is 0 Å². The van der Waals surface area contributed by atoms with Crippen molar-refractivity contribution in [3.05, 3.63) is 59.2 Å². The molecule has 4 heteroatoms. The van der Waals surface area contributed by atoms with Gasteiger partial charge in [-0.2, -0.15) is 0 Å². The second-order valence-corrected chi connectivity index (χ2v) is 6.13. The third-order valence-electron chi connectivity index (χ3n) is 4.30. The minimum atomic E-state index is 0.0898. The van der Waals surface area contributed by atoms with Crippen molar-refractivity contribution in [1.82, 2.24) is 4.90 Å². The molecule has 1 fully saturated rings. The summed E-state index contributed by atoms with van der Waals surface area (Å²) in [5.74, 6) is 1.64. The first-order valence-corrected chi connectivity index (χ1v) is 8.33. The van der Waals surface area contributed by atoms with E-state index in [-0.39, 0.29) is 5.91 Å². The number of rotatable bonds is 5. The van der Waals surface area contributed by atoms with Crippen molar-refractivity contribution < 1.29 is 14.3 Å². The Kier molecular flexibility index (Phi) is 5.04. The summed E-state index contributed by atoms with van der Waals surface area (Å²) in [7, 11) is 1.63. The SMILES string of the molecule is COc1ccc(C(=O)N2CCCC2)cc1COc1cccc(C)c1. The molecule has 2 aromatic rings. The number of likely N-dealkylation sites (tertiary alicyclic amines) is 1. The molecule has 0 unspecified atom stereocenters. The Hall–Kier alpha value is -2.49. The van der Waals surface area contributed by atoms with E-state index in [2.05, 4.69) is 0 Å². The first-order chi connectivity index (χ1) is 11.7. The molecule has 1 heterocycles. The number of aryl methyl sites for hydroxylation is 1. The zero-order chi connectivity index (χ0) is 16.9. The lowest BCUT2D eigenvalue weighted by Crippen LogP contribution is -2.27. The highest BCUT2D eigenvalue weighted by Crippen LogP contribution is 2.24. The van der Waals surface area contributed by atoms with E-state index in [0.29, 0.717) is 12.2 Å². The molecule has 3 rings (SSSR count). The second-order valence-electron chi connectivity index (χ2n) is 6.13. The highest BCUT2D eigenvalue weighted by Gasteiger charge is 2.20. The van der Waals surface area contributed by atoms with Crippen molar-refractivity contribution in [2.24, 2.45) is 0 Å². The number of methoxy groups -OCH3 is 1. The Labute approximate surface area is 143 Å². The number of nitrogens with zero attached hydrogens (tertiary/aromatic N) is 1. The van der Waals surface area contributed by atoms with Crippen LogP contribution in [-0.2, 0) is 6.61 Å². The van der Waals surface area contributed by atoms with Gasteiger partial charge in [-0.25, -0.2) is 0 Å². The summed E-state index contributed by atoms with van der Waals surface area (Å²) < 4.78 is 11.3. The van der Waals surface area contributed by atoms with Crippen LogP contribution in [0.5, 0.6) is 11.5 Å². The molecule has 1 amide bonds. The van der Waals surface area contributed by atoms with Crippen molar-refractivity contribution >= 4 is 5.91 Å². The van der Waals surface area contributed by atoms with Gasteiger partial charge in [-0.15, -0.1) is 0 Å². The van der Waals surface area contributed by atoms with Crippen LogP contribution >= 0.6 is 0 Å². The molecule has 0 radical (unpaired) electrons. The molecule has 24 heavy (non-hydrogen) atoms. The van der Waals surface area contributed by atoms with Crippen molar-refractivity contribution in [3.8, 4) is 11.5 Å². The number of benzene rings is 2. The van der Waals surface area contributed by atoms with Crippen LogP contribution in [0.1, 0.15) is 34.3 Å². The molecule has 1 aliphatic heterocycles. The second kappa shape index (κ2) is 7.39. The standard InChI is InChI=1S/C20H23NO3/c1-15-6-5-7-18(12-15)24-14-17-13-16(8-9-19(17)23-2)20(22)21-10-3-4-11-21/h5-9,12-13H,3-4,10-11,14H2,1-2H3. The van der Waals surface area contributed by atoms with Gasteiger partial charge in [0.1, 0.15) is 18.1 Å². The molecule has 1 aliphatic rings. The van der Waals surface area contributed by atoms with Gasteiger partial charge in [0.15, 0.2) is 0 Å². The van der Waals surface area contributed by atoms with E-state index in [1.54, 1.807) is 7.11 Å². The van der Waals surface area contributed by atoms with Gasteiger partial charge in [-0.3, -0.25) is 4.79 Å². The lowest BCUT2D eigenvalue weighted by Gasteiger charge is -2.17. The number of ether oxygens (including phenoxy) is 2. The maximum atomic E-state index is 12.6. The van der Waals surface area contributed by atoms with E-state index in [4.69, 9.17) is 9.47 Å². The van der Waals surface area contributed by atoms with Crippen LogP contribution in [0.2, 0.25) is 0 Å². The van der Waals surface area contributed by atoms with Crippen molar-refractivity contribution in [3.63, 3.8) is 0 Å². The van der Waals surface area contributed by atoms with Crippen molar-refractivity contribution in [2.75, 3.05) is 20.2 Å². The predicted octanol–water partition coefficient (Wildman–Crippen LogP) is 3.82. The van der Waals surface area contributed by atoms with Gasteiger partial charge in [0, 0.05) is 24.2 Å². The molecule has 126 valence electrons. The lowest BCUT2D eigenvalue weighted by atomic mass is 10.1.